The Morgan fingerprint density at radius 3 is 2.63 bits per heavy atom. The molecule has 4 amide bonds. The zero-order valence-electron chi connectivity index (χ0n) is 20.0. The SMILES string of the molecule is C=CNN(c1ccc(C#C[C@H](CN2Cc3ccc(OC)cc3C2=O)NC(=O)NC=O)cc1)C(C)C. The summed E-state index contributed by atoms with van der Waals surface area (Å²) in [6.07, 6.45) is 1.90. The molecule has 9 nitrogen and oxygen atoms in total. The quantitative estimate of drug-likeness (QED) is 0.292. The summed E-state index contributed by atoms with van der Waals surface area (Å²) < 4.78 is 5.22. The standard InChI is InChI=1S/C26H29N5O4/c1-5-28-31(18(2)3)22-11-7-19(8-12-22)6-10-21(29-26(34)27-17-32)16-30-15-20-9-13-23(35-4)14-24(20)25(30)33/h5,7-9,11-14,17-18,21,28H,1,15-16H2,2-4H3,(H2,27,29,32,34)/t21-/m1/s1. The van der Waals surface area contributed by atoms with Crippen molar-refractivity contribution >= 4 is 24.0 Å². The number of anilines is 1. The molecule has 3 N–H and O–H groups in total. The monoisotopic (exact) mass is 475 g/mol. The number of methoxy groups -OCH3 is 1. The number of ether oxygens (including phenoxy) is 1. The fourth-order valence-corrected chi connectivity index (χ4v) is 3.71. The summed E-state index contributed by atoms with van der Waals surface area (Å²) in [5.74, 6) is 6.50. The van der Waals surface area contributed by atoms with Crippen molar-refractivity contribution in [1.29, 1.82) is 0 Å². The fraction of sp³-hybridized carbons (Fsp3) is 0.269. The van der Waals surface area contributed by atoms with Gasteiger partial charge in [0, 0.05) is 29.9 Å². The van der Waals surface area contributed by atoms with E-state index < -0.39 is 12.1 Å². The highest BCUT2D eigenvalue weighted by Crippen LogP contribution is 2.26. The minimum absolute atomic E-state index is 0.150. The molecule has 9 heteroatoms. The molecule has 0 saturated carbocycles. The molecule has 1 atom stereocenters. The van der Waals surface area contributed by atoms with E-state index in [0.717, 1.165) is 16.8 Å². The molecule has 0 aliphatic carbocycles. The number of carbonyl (C=O) groups excluding carboxylic acids is 3. The summed E-state index contributed by atoms with van der Waals surface area (Å²) >= 11 is 0. The van der Waals surface area contributed by atoms with Crippen molar-refractivity contribution in [3.63, 3.8) is 0 Å². The maximum atomic E-state index is 12.9. The third-order valence-corrected chi connectivity index (χ3v) is 5.38. The van der Waals surface area contributed by atoms with E-state index in [0.29, 0.717) is 24.3 Å². The number of amides is 4. The van der Waals surface area contributed by atoms with Crippen LogP contribution < -0.4 is 25.8 Å². The third-order valence-electron chi connectivity index (χ3n) is 5.38. The molecule has 3 rings (SSSR count). The number of rotatable bonds is 9. The molecule has 0 bridgehead atoms. The predicted molar refractivity (Wildman–Crippen MR) is 134 cm³/mol. The van der Waals surface area contributed by atoms with E-state index in [2.05, 4.69) is 43.0 Å². The van der Waals surface area contributed by atoms with Crippen molar-refractivity contribution in [3.8, 4) is 17.6 Å². The molecular formula is C26H29N5O4. The number of hydrogen-bond acceptors (Lipinski definition) is 6. The van der Waals surface area contributed by atoms with Crippen molar-refractivity contribution in [2.24, 2.45) is 0 Å². The van der Waals surface area contributed by atoms with Crippen LogP contribution >= 0.6 is 0 Å². The Kier molecular flexibility index (Phi) is 8.35. The van der Waals surface area contributed by atoms with Gasteiger partial charge in [-0.25, -0.2) is 4.79 Å². The molecule has 1 aliphatic rings. The number of nitrogens with one attached hydrogen (secondary N) is 3. The lowest BCUT2D eigenvalue weighted by Gasteiger charge is -2.28. The van der Waals surface area contributed by atoms with Crippen molar-refractivity contribution in [2.75, 3.05) is 18.7 Å². The van der Waals surface area contributed by atoms with Crippen molar-refractivity contribution in [1.82, 2.24) is 21.0 Å². The molecular weight excluding hydrogens is 446 g/mol. The third kappa shape index (κ3) is 6.32. The molecule has 182 valence electrons. The van der Waals surface area contributed by atoms with Gasteiger partial charge in [-0.05, 0) is 55.8 Å². The second kappa shape index (κ2) is 11.6. The normalized spacial score (nSPS) is 12.7. The maximum absolute atomic E-state index is 12.9. The van der Waals surface area contributed by atoms with Crippen molar-refractivity contribution in [2.45, 2.75) is 32.5 Å². The van der Waals surface area contributed by atoms with Gasteiger partial charge in [0.2, 0.25) is 6.41 Å². The minimum atomic E-state index is -0.704. The van der Waals surface area contributed by atoms with Gasteiger partial charge in [-0.3, -0.25) is 19.9 Å². The number of fused-ring (bicyclic) bond motifs is 1. The number of carbonyl (C=O) groups is 3. The molecule has 2 aromatic rings. The predicted octanol–water partition coefficient (Wildman–Crippen LogP) is 2.39. The highest BCUT2D eigenvalue weighted by molar-refractivity contribution is 5.98. The Morgan fingerprint density at radius 1 is 1.26 bits per heavy atom. The van der Waals surface area contributed by atoms with Gasteiger partial charge < -0.3 is 20.4 Å². The molecule has 35 heavy (non-hydrogen) atoms. The molecule has 0 saturated heterocycles. The number of urea groups is 1. The van der Waals surface area contributed by atoms with E-state index in [4.69, 9.17) is 4.74 Å². The zero-order valence-corrected chi connectivity index (χ0v) is 20.0. The van der Waals surface area contributed by atoms with Crippen LogP contribution in [0.25, 0.3) is 0 Å². The van der Waals surface area contributed by atoms with Crippen LogP contribution in [0.1, 0.15) is 35.3 Å². The molecule has 0 spiro atoms. The number of imide groups is 1. The van der Waals surface area contributed by atoms with E-state index >= 15 is 0 Å². The van der Waals surface area contributed by atoms with E-state index in [1.807, 2.05) is 40.7 Å². The Hall–Kier alpha value is -4.45. The molecule has 0 unspecified atom stereocenters. The molecule has 0 radical (unpaired) electrons. The Morgan fingerprint density at radius 2 is 2.00 bits per heavy atom. The van der Waals surface area contributed by atoms with Crippen LogP contribution in [0.3, 0.4) is 0 Å². The van der Waals surface area contributed by atoms with Crippen LogP contribution in [-0.2, 0) is 11.3 Å². The lowest BCUT2D eigenvalue weighted by molar-refractivity contribution is -0.108. The van der Waals surface area contributed by atoms with Gasteiger partial charge in [-0.15, -0.1) is 0 Å². The smallest absolute Gasteiger partial charge is 0.322 e. The molecule has 1 aliphatic heterocycles. The van der Waals surface area contributed by atoms with E-state index in [1.165, 1.54) is 0 Å². The van der Waals surface area contributed by atoms with Gasteiger partial charge in [-0.2, -0.15) is 0 Å². The van der Waals surface area contributed by atoms with Gasteiger partial charge in [0.1, 0.15) is 11.8 Å². The minimum Gasteiger partial charge on any atom is -0.497 e. The number of benzene rings is 2. The number of hydrogen-bond donors (Lipinski definition) is 3. The van der Waals surface area contributed by atoms with Crippen LogP contribution in [0.4, 0.5) is 10.5 Å². The number of hydrazine groups is 1. The van der Waals surface area contributed by atoms with Crippen LogP contribution in [0.5, 0.6) is 5.75 Å². The second-order valence-corrected chi connectivity index (χ2v) is 8.11. The van der Waals surface area contributed by atoms with Gasteiger partial charge in [0.05, 0.1) is 19.3 Å². The van der Waals surface area contributed by atoms with Gasteiger partial charge >= 0.3 is 6.03 Å². The summed E-state index contributed by atoms with van der Waals surface area (Å²) in [6.45, 7) is 8.36. The summed E-state index contributed by atoms with van der Waals surface area (Å²) in [5, 5.41) is 6.65. The van der Waals surface area contributed by atoms with Crippen LogP contribution in [0, 0.1) is 11.8 Å². The topological polar surface area (TPSA) is 103 Å². The first kappa shape index (κ1) is 25.2. The summed E-state index contributed by atoms with van der Waals surface area (Å²) in [5.41, 5.74) is 6.21. The second-order valence-electron chi connectivity index (χ2n) is 8.11. The summed E-state index contributed by atoms with van der Waals surface area (Å²) in [4.78, 5) is 37.2. The first-order valence-electron chi connectivity index (χ1n) is 11.1. The first-order chi connectivity index (χ1) is 16.9. The first-order valence-corrected chi connectivity index (χ1v) is 11.1. The summed E-state index contributed by atoms with van der Waals surface area (Å²) in [6, 6.07) is 11.8. The van der Waals surface area contributed by atoms with Crippen molar-refractivity contribution < 1.29 is 19.1 Å². The Balaban J connectivity index is 1.77. The lowest BCUT2D eigenvalue weighted by Crippen LogP contribution is -2.46. The van der Waals surface area contributed by atoms with E-state index in [1.54, 1.807) is 30.3 Å². The average molecular weight is 476 g/mol. The van der Waals surface area contributed by atoms with Gasteiger partial charge in [0.25, 0.3) is 5.91 Å². The zero-order chi connectivity index (χ0) is 25.4. The van der Waals surface area contributed by atoms with Crippen molar-refractivity contribution in [3.05, 3.63) is 71.9 Å². The average Bonchev–Trinajstić information content (AvgIpc) is 3.15. The maximum Gasteiger partial charge on any atom is 0.322 e. The van der Waals surface area contributed by atoms with Crippen LogP contribution in [0.2, 0.25) is 0 Å². The fourth-order valence-electron chi connectivity index (χ4n) is 3.71. The molecule has 1 heterocycles. The number of nitrogens with zero attached hydrogens (tertiary/aromatic N) is 2. The van der Waals surface area contributed by atoms with E-state index in [9.17, 15) is 14.4 Å². The highest BCUT2D eigenvalue weighted by atomic mass is 16.5. The highest BCUT2D eigenvalue weighted by Gasteiger charge is 2.29. The Bertz CT molecular complexity index is 1150. The largest absolute Gasteiger partial charge is 0.497 e. The molecule has 0 aromatic heterocycles. The van der Waals surface area contributed by atoms with Crippen LogP contribution in [0.15, 0.2) is 55.2 Å². The molecule has 0 fully saturated rings. The lowest BCUT2D eigenvalue weighted by atomic mass is 10.1. The van der Waals surface area contributed by atoms with E-state index in [-0.39, 0.29) is 18.5 Å². The van der Waals surface area contributed by atoms with Gasteiger partial charge in [0.15, 0.2) is 0 Å². The Labute approximate surface area is 205 Å². The molecule has 2 aromatic carbocycles. The van der Waals surface area contributed by atoms with Gasteiger partial charge in [-0.1, -0.05) is 24.5 Å². The van der Waals surface area contributed by atoms with Crippen LogP contribution in [-0.4, -0.2) is 49.0 Å². The summed E-state index contributed by atoms with van der Waals surface area (Å²) in [7, 11) is 1.54.